The number of ether oxygens (including phenoxy) is 2. The van der Waals surface area contributed by atoms with Crippen molar-refractivity contribution in [1.82, 2.24) is 0 Å². The van der Waals surface area contributed by atoms with Crippen molar-refractivity contribution in [3.05, 3.63) is 28.2 Å². The molecule has 1 aromatic carbocycles. The van der Waals surface area contributed by atoms with Crippen LogP contribution in [-0.4, -0.2) is 28.2 Å². The highest BCUT2D eigenvalue weighted by atomic mass is 79.9. The molecule has 7 heteroatoms. The molecule has 1 fully saturated rings. The van der Waals surface area contributed by atoms with Gasteiger partial charge >= 0.3 is 0 Å². The maximum Gasteiger partial charge on any atom is 0.236 e. The maximum atomic E-state index is 11.0. The van der Waals surface area contributed by atoms with Crippen LogP contribution >= 0.6 is 26.6 Å². The summed E-state index contributed by atoms with van der Waals surface area (Å²) >= 11 is 3.37. The summed E-state index contributed by atoms with van der Waals surface area (Å²) in [6.45, 7) is 4.07. The van der Waals surface area contributed by atoms with E-state index in [9.17, 15) is 8.42 Å². The summed E-state index contributed by atoms with van der Waals surface area (Å²) < 4.78 is 33.6. The lowest BCUT2D eigenvalue weighted by Crippen LogP contribution is -2.44. The van der Waals surface area contributed by atoms with Crippen LogP contribution in [0.1, 0.15) is 12.5 Å². The molecule has 1 aromatic rings. The molecule has 4 nitrogen and oxygen atoms in total. The van der Waals surface area contributed by atoms with Gasteiger partial charge in [0.25, 0.3) is 0 Å². The quantitative estimate of drug-likeness (QED) is 0.749. The third-order valence-electron chi connectivity index (χ3n) is 2.81. The molecule has 0 aliphatic carbocycles. The Kier molecular flexibility index (Phi) is 4.45. The molecular formula is C12H14BrClO4S. The summed E-state index contributed by atoms with van der Waals surface area (Å²) in [5.41, 5.74) is 0.685. The molecule has 0 saturated carbocycles. The summed E-state index contributed by atoms with van der Waals surface area (Å²) in [6, 6.07) is 5.14. The monoisotopic (exact) mass is 368 g/mol. The number of benzene rings is 1. The van der Waals surface area contributed by atoms with Crippen molar-refractivity contribution in [3.8, 4) is 5.75 Å². The zero-order valence-corrected chi connectivity index (χ0v) is 13.5. The third-order valence-corrected chi connectivity index (χ3v) is 4.44. The number of hydrogen-bond donors (Lipinski definition) is 0. The Bertz CT molecular complexity index is 569. The Hall–Kier alpha value is -0.300. The SMILES string of the molecule is CC1(COc2ccc(CS(=O)(=O)Cl)cc2Br)COC1. The second kappa shape index (κ2) is 5.60. The standard InChI is InChI=1S/C12H14BrClO4S/c1-12(6-17-7-12)8-18-11-3-2-9(4-10(11)13)5-19(14,15)16/h2-4H,5-8H2,1H3. The summed E-state index contributed by atoms with van der Waals surface area (Å²) in [5, 5.41) is 0. The van der Waals surface area contributed by atoms with E-state index in [0.29, 0.717) is 35.6 Å². The van der Waals surface area contributed by atoms with Gasteiger partial charge in [-0.25, -0.2) is 8.42 Å². The maximum absolute atomic E-state index is 11.0. The molecule has 19 heavy (non-hydrogen) atoms. The molecule has 1 aliphatic heterocycles. The van der Waals surface area contributed by atoms with Crippen LogP contribution in [0.2, 0.25) is 0 Å². The molecule has 0 aromatic heterocycles. The minimum Gasteiger partial charge on any atom is -0.492 e. The van der Waals surface area contributed by atoms with E-state index in [0.717, 1.165) is 0 Å². The van der Waals surface area contributed by atoms with Gasteiger partial charge in [-0.05, 0) is 33.6 Å². The molecule has 0 amide bonds. The second-order valence-electron chi connectivity index (χ2n) is 5.04. The number of rotatable bonds is 5. The van der Waals surface area contributed by atoms with Crippen molar-refractivity contribution in [3.63, 3.8) is 0 Å². The predicted molar refractivity (Wildman–Crippen MR) is 77.0 cm³/mol. The lowest BCUT2D eigenvalue weighted by Gasteiger charge is -2.37. The van der Waals surface area contributed by atoms with Gasteiger partial charge in [-0.2, -0.15) is 0 Å². The van der Waals surface area contributed by atoms with Crippen LogP contribution in [0.5, 0.6) is 5.75 Å². The smallest absolute Gasteiger partial charge is 0.236 e. The van der Waals surface area contributed by atoms with Gasteiger partial charge in [-0.15, -0.1) is 0 Å². The molecular weight excluding hydrogens is 356 g/mol. The fraction of sp³-hybridized carbons (Fsp3) is 0.500. The van der Waals surface area contributed by atoms with Gasteiger partial charge in [0.05, 0.1) is 30.0 Å². The average molecular weight is 370 g/mol. The Balaban J connectivity index is 2.02. The highest BCUT2D eigenvalue weighted by Gasteiger charge is 2.34. The van der Waals surface area contributed by atoms with Crippen molar-refractivity contribution in [2.75, 3.05) is 19.8 Å². The average Bonchev–Trinajstić information content (AvgIpc) is 2.23. The first-order chi connectivity index (χ1) is 8.77. The van der Waals surface area contributed by atoms with Crippen LogP contribution in [0.15, 0.2) is 22.7 Å². The fourth-order valence-corrected chi connectivity index (χ4v) is 3.23. The van der Waals surface area contributed by atoms with Gasteiger partial charge in [0, 0.05) is 16.1 Å². The van der Waals surface area contributed by atoms with Gasteiger partial charge < -0.3 is 9.47 Å². The Morgan fingerprint density at radius 2 is 2.16 bits per heavy atom. The number of halogens is 2. The van der Waals surface area contributed by atoms with E-state index in [1.54, 1.807) is 18.2 Å². The first-order valence-electron chi connectivity index (χ1n) is 5.69. The van der Waals surface area contributed by atoms with Gasteiger partial charge in [-0.1, -0.05) is 13.0 Å². The van der Waals surface area contributed by atoms with Crippen LogP contribution in [0.4, 0.5) is 0 Å². The minimum atomic E-state index is -3.54. The van der Waals surface area contributed by atoms with E-state index in [2.05, 4.69) is 22.9 Å². The summed E-state index contributed by atoms with van der Waals surface area (Å²) in [7, 11) is 1.68. The van der Waals surface area contributed by atoms with Crippen molar-refractivity contribution in [2.24, 2.45) is 5.41 Å². The Labute approximate surface area is 125 Å². The minimum absolute atomic E-state index is 0.0671. The van der Waals surface area contributed by atoms with Crippen LogP contribution in [0.3, 0.4) is 0 Å². The second-order valence-corrected chi connectivity index (χ2v) is 8.67. The lowest BCUT2D eigenvalue weighted by molar-refractivity contribution is -0.120. The molecule has 0 spiro atoms. The van der Waals surface area contributed by atoms with E-state index in [-0.39, 0.29) is 11.2 Å². The zero-order valence-electron chi connectivity index (χ0n) is 10.4. The largest absolute Gasteiger partial charge is 0.492 e. The summed E-state index contributed by atoms with van der Waals surface area (Å²) in [4.78, 5) is 0. The van der Waals surface area contributed by atoms with E-state index in [4.69, 9.17) is 20.2 Å². The molecule has 0 bridgehead atoms. The fourth-order valence-electron chi connectivity index (χ4n) is 1.74. The molecule has 2 rings (SSSR count). The van der Waals surface area contributed by atoms with Crippen LogP contribution in [0, 0.1) is 5.41 Å². The third kappa shape index (κ3) is 4.34. The van der Waals surface area contributed by atoms with E-state index < -0.39 is 9.05 Å². The summed E-state index contributed by atoms with van der Waals surface area (Å²) in [6.07, 6.45) is 0. The first-order valence-corrected chi connectivity index (χ1v) is 8.96. The topological polar surface area (TPSA) is 52.6 Å². The van der Waals surface area contributed by atoms with Crippen molar-refractivity contribution >= 4 is 35.7 Å². The van der Waals surface area contributed by atoms with E-state index in [1.807, 2.05) is 0 Å². The summed E-state index contributed by atoms with van der Waals surface area (Å²) in [5.74, 6) is 0.489. The highest BCUT2D eigenvalue weighted by molar-refractivity contribution is 9.10. The van der Waals surface area contributed by atoms with Crippen LogP contribution < -0.4 is 4.74 Å². The molecule has 0 N–H and O–H groups in total. The van der Waals surface area contributed by atoms with Crippen molar-refractivity contribution in [1.29, 1.82) is 0 Å². The van der Waals surface area contributed by atoms with Gasteiger partial charge in [0.2, 0.25) is 9.05 Å². The van der Waals surface area contributed by atoms with E-state index in [1.165, 1.54) is 0 Å². The normalized spacial score (nSPS) is 17.8. The highest BCUT2D eigenvalue weighted by Crippen LogP contribution is 2.31. The molecule has 1 aliphatic rings. The molecule has 0 unspecified atom stereocenters. The molecule has 0 radical (unpaired) electrons. The van der Waals surface area contributed by atoms with Crippen molar-refractivity contribution < 1.29 is 17.9 Å². The van der Waals surface area contributed by atoms with Gasteiger partial charge in [-0.3, -0.25) is 0 Å². The number of hydrogen-bond acceptors (Lipinski definition) is 4. The van der Waals surface area contributed by atoms with E-state index >= 15 is 0 Å². The predicted octanol–water partition coefficient (Wildman–Crippen LogP) is 2.93. The first kappa shape index (κ1) is 15.1. The zero-order chi connectivity index (χ0) is 14.1. The molecule has 106 valence electrons. The molecule has 1 saturated heterocycles. The van der Waals surface area contributed by atoms with Crippen LogP contribution in [0.25, 0.3) is 0 Å². The van der Waals surface area contributed by atoms with Gasteiger partial charge in [0.1, 0.15) is 5.75 Å². The Morgan fingerprint density at radius 3 is 2.63 bits per heavy atom. The molecule has 0 atom stereocenters. The van der Waals surface area contributed by atoms with Crippen molar-refractivity contribution in [2.45, 2.75) is 12.7 Å². The van der Waals surface area contributed by atoms with Gasteiger partial charge in [0.15, 0.2) is 0 Å². The lowest BCUT2D eigenvalue weighted by atomic mass is 9.90. The Morgan fingerprint density at radius 1 is 1.47 bits per heavy atom. The van der Waals surface area contributed by atoms with Crippen LogP contribution in [-0.2, 0) is 19.5 Å². The molecule has 1 heterocycles.